The van der Waals surface area contributed by atoms with Crippen molar-refractivity contribution in [1.82, 2.24) is 9.80 Å². The molecule has 3 fully saturated rings. The monoisotopic (exact) mass is 500 g/mol. The highest BCUT2D eigenvalue weighted by atomic mass is 79.9. The van der Waals surface area contributed by atoms with Gasteiger partial charge in [0.2, 0.25) is 11.8 Å². The van der Waals surface area contributed by atoms with E-state index < -0.39 is 35.6 Å². The Labute approximate surface area is 191 Å². The zero-order chi connectivity index (χ0) is 22.9. The Bertz CT molecular complexity index is 733. The molecule has 31 heavy (non-hydrogen) atoms. The lowest BCUT2D eigenvalue weighted by molar-refractivity contribution is -0.151. The summed E-state index contributed by atoms with van der Waals surface area (Å²) in [5.41, 5.74) is -1.15. The highest BCUT2D eigenvalue weighted by Crippen LogP contribution is 2.60. The molecule has 4 unspecified atom stereocenters. The minimum atomic E-state index is -1.15. The summed E-state index contributed by atoms with van der Waals surface area (Å²) in [5, 5.41) is 19.1. The van der Waals surface area contributed by atoms with Crippen molar-refractivity contribution in [3.8, 4) is 0 Å². The summed E-state index contributed by atoms with van der Waals surface area (Å²) in [5.74, 6) is -3.47. The lowest BCUT2D eigenvalue weighted by Gasteiger charge is -2.39. The first kappa shape index (κ1) is 24.2. The molecule has 3 rings (SSSR count). The standard InChI is InChI=1S/C22H33BrN2O6/c1-4-8-13(3)24(9-5-2)20(28)18-22-12-14(23)17(31-22)15(21(29)30)16(22)19(27)25(18)10-6-7-11-26/h5,13-18,26H,2,4,6-12H2,1,3H3,(H,29,30)/t13?,14?,15-,16-,17-,18?,22?/m0/s1. The van der Waals surface area contributed by atoms with Crippen LogP contribution in [0.3, 0.4) is 0 Å². The molecule has 0 aliphatic carbocycles. The number of carboxylic acids is 1. The van der Waals surface area contributed by atoms with Crippen LogP contribution in [0.25, 0.3) is 0 Å². The van der Waals surface area contributed by atoms with Crippen LogP contribution in [-0.4, -0.2) is 86.1 Å². The molecule has 9 heteroatoms. The molecule has 3 aliphatic rings. The van der Waals surface area contributed by atoms with Crippen LogP contribution >= 0.6 is 15.9 Å². The van der Waals surface area contributed by atoms with Gasteiger partial charge in [0.15, 0.2) is 0 Å². The number of likely N-dealkylation sites (tertiary alicyclic amines) is 1. The van der Waals surface area contributed by atoms with Crippen LogP contribution in [0.4, 0.5) is 0 Å². The molecule has 2 N–H and O–H groups in total. The Balaban J connectivity index is 2.03. The first-order chi connectivity index (χ1) is 14.7. The number of amides is 2. The summed E-state index contributed by atoms with van der Waals surface area (Å²) >= 11 is 3.54. The molecule has 0 aromatic carbocycles. The summed E-state index contributed by atoms with van der Waals surface area (Å²) in [4.78, 5) is 42.5. The minimum absolute atomic E-state index is 0.00879. The predicted molar refractivity (Wildman–Crippen MR) is 118 cm³/mol. The number of carbonyl (C=O) groups excluding carboxylic acids is 2. The van der Waals surface area contributed by atoms with Gasteiger partial charge in [-0.05, 0) is 32.6 Å². The van der Waals surface area contributed by atoms with Crippen molar-refractivity contribution >= 4 is 33.7 Å². The molecule has 2 bridgehead atoms. The van der Waals surface area contributed by atoms with Crippen LogP contribution in [0.5, 0.6) is 0 Å². The summed E-state index contributed by atoms with van der Waals surface area (Å²) in [6.45, 7) is 8.44. The summed E-state index contributed by atoms with van der Waals surface area (Å²) < 4.78 is 6.27. The van der Waals surface area contributed by atoms with Crippen molar-refractivity contribution in [2.75, 3.05) is 19.7 Å². The fourth-order valence-corrected chi connectivity index (χ4v) is 6.63. The van der Waals surface area contributed by atoms with Crippen LogP contribution in [-0.2, 0) is 19.1 Å². The molecular weight excluding hydrogens is 468 g/mol. The Morgan fingerprint density at radius 2 is 2.16 bits per heavy atom. The van der Waals surface area contributed by atoms with Crippen molar-refractivity contribution in [1.29, 1.82) is 0 Å². The van der Waals surface area contributed by atoms with Gasteiger partial charge in [0.25, 0.3) is 0 Å². The average Bonchev–Trinajstić information content (AvgIpc) is 3.30. The molecule has 2 amide bonds. The summed E-state index contributed by atoms with van der Waals surface area (Å²) in [7, 11) is 0. The zero-order valence-corrected chi connectivity index (χ0v) is 19.8. The Morgan fingerprint density at radius 1 is 1.45 bits per heavy atom. The van der Waals surface area contributed by atoms with Crippen molar-refractivity contribution in [3.05, 3.63) is 12.7 Å². The van der Waals surface area contributed by atoms with Gasteiger partial charge in [0.1, 0.15) is 11.6 Å². The second-order valence-corrected chi connectivity index (χ2v) is 10.1. The number of alkyl halides is 1. The van der Waals surface area contributed by atoms with E-state index in [0.717, 1.165) is 12.8 Å². The van der Waals surface area contributed by atoms with E-state index in [1.807, 2.05) is 6.92 Å². The van der Waals surface area contributed by atoms with Crippen molar-refractivity contribution in [3.63, 3.8) is 0 Å². The third kappa shape index (κ3) is 3.93. The van der Waals surface area contributed by atoms with E-state index in [1.165, 1.54) is 4.90 Å². The maximum Gasteiger partial charge on any atom is 0.310 e. The molecule has 3 heterocycles. The van der Waals surface area contributed by atoms with E-state index in [0.29, 0.717) is 25.8 Å². The van der Waals surface area contributed by atoms with Crippen LogP contribution in [0.1, 0.15) is 46.0 Å². The lowest BCUT2D eigenvalue weighted by atomic mass is 9.70. The van der Waals surface area contributed by atoms with Crippen LogP contribution in [0.15, 0.2) is 12.7 Å². The largest absolute Gasteiger partial charge is 0.481 e. The molecular formula is C22H33BrN2O6. The highest BCUT2D eigenvalue weighted by Gasteiger charge is 2.76. The van der Waals surface area contributed by atoms with Gasteiger partial charge >= 0.3 is 5.97 Å². The number of hydrogen-bond donors (Lipinski definition) is 2. The van der Waals surface area contributed by atoms with Crippen LogP contribution in [0, 0.1) is 11.8 Å². The molecule has 7 atom stereocenters. The maximum atomic E-state index is 13.9. The van der Waals surface area contributed by atoms with Gasteiger partial charge in [-0.3, -0.25) is 14.4 Å². The van der Waals surface area contributed by atoms with Gasteiger partial charge in [0, 0.05) is 30.6 Å². The smallest absolute Gasteiger partial charge is 0.310 e. The van der Waals surface area contributed by atoms with Crippen molar-refractivity contribution < 1.29 is 29.3 Å². The number of aliphatic hydroxyl groups is 1. The molecule has 0 aromatic rings. The number of carboxylic acid groups (broad SMARTS) is 1. The zero-order valence-electron chi connectivity index (χ0n) is 18.2. The highest BCUT2D eigenvalue weighted by molar-refractivity contribution is 9.09. The van der Waals surface area contributed by atoms with E-state index in [4.69, 9.17) is 4.74 Å². The Hall–Kier alpha value is -1.45. The molecule has 3 aliphatic heterocycles. The number of aliphatic carboxylic acids is 1. The van der Waals surface area contributed by atoms with E-state index >= 15 is 0 Å². The molecule has 0 saturated carbocycles. The van der Waals surface area contributed by atoms with Gasteiger partial charge in [-0.25, -0.2) is 0 Å². The van der Waals surface area contributed by atoms with Crippen molar-refractivity contribution in [2.24, 2.45) is 11.8 Å². The Morgan fingerprint density at radius 3 is 2.74 bits per heavy atom. The van der Waals surface area contributed by atoms with E-state index in [1.54, 1.807) is 11.0 Å². The summed E-state index contributed by atoms with van der Waals surface area (Å²) in [6.07, 6.45) is 4.19. The molecule has 0 aromatic heterocycles. The molecule has 8 nitrogen and oxygen atoms in total. The first-order valence-corrected chi connectivity index (χ1v) is 12.0. The molecule has 0 radical (unpaired) electrons. The second kappa shape index (κ2) is 9.58. The van der Waals surface area contributed by atoms with Gasteiger partial charge in [-0.1, -0.05) is 35.4 Å². The van der Waals surface area contributed by atoms with Gasteiger partial charge in [-0.2, -0.15) is 0 Å². The third-order valence-corrected chi connectivity index (χ3v) is 7.81. The van der Waals surface area contributed by atoms with E-state index in [9.17, 15) is 24.6 Å². The van der Waals surface area contributed by atoms with E-state index in [2.05, 4.69) is 29.4 Å². The number of unbranched alkanes of at least 4 members (excludes halogenated alkanes) is 1. The number of carbonyl (C=O) groups is 3. The minimum Gasteiger partial charge on any atom is -0.481 e. The lowest BCUT2D eigenvalue weighted by Crippen LogP contribution is -2.58. The topological polar surface area (TPSA) is 107 Å². The van der Waals surface area contributed by atoms with E-state index in [-0.39, 0.29) is 35.8 Å². The number of halogens is 1. The fourth-order valence-electron chi connectivity index (χ4n) is 5.68. The normalized spacial score (nSPS) is 34.6. The quantitative estimate of drug-likeness (QED) is 0.254. The molecule has 3 saturated heterocycles. The first-order valence-electron chi connectivity index (χ1n) is 11.1. The maximum absolute atomic E-state index is 13.9. The number of ether oxygens (including phenoxy) is 1. The van der Waals surface area contributed by atoms with Gasteiger partial charge < -0.3 is 24.7 Å². The Kier molecular flexibility index (Phi) is 7.48. The fraction of sp³-hybridized carbons (Fsp3) is 0.773. The number of nitrogens with zero attached hydrogens (tertiary/aromatic N) is 2. The molecule has 174 valence electrons. The number of hydrogen-bond acceptors (Lipinski definition) is 5. The number of aliphatic hydroxyl groups excluding tert-OH is 1. The number of fused-ring (bicyclic) bond motifs is 1. The average molecular weight is 501 g/mol. The third-order valence-electron chi connectivity index (χ3n) is 6.96. The van der Waals surface area contributed by atoms with Gasteiger partial charge in [0.05, 0.1) is 17.9 Å². The molecule has 1 spiro atoms. The van der Waals surface area contributed by atoms with Crippen LogP contribution < -0.4 is 0 Å². The SMILES string of the molecule is C=CCN(C(=O)C1N(CCCCO)C(=O)[C@@H]2[C@H](C(=O)O)[C@H]3OC12CC3Br)C(C)CCC. The van der Waals surface area contributed by atoms with Crippen molar-refractivity contribution in [2.45, 2.75) is 74.6 Å². The summed E-state index contributed by atoms with van der Waals surface area (Å²) in [6, 6.07) is -0.925. The number of rotatable bonds is 11. The second-order valence-electron chi connectivity index (χ2n) is 8.88. The predicted octanol–water partition coefficient (Wildman–Crippen LogP) is 1.79. The van der Waals surface area contributed by atoms with Gasteiger partial charge in [-0.15, -0.1) is 6.58 Å². The van der Waals surface area contributed by atoms with Crippen LogP contribution in [0.2, 0.25) is 0 Å².